The molecule has 7 nitrogen and oxygen atoms in total. The molecule has 1 aliphatic heterocycles. The van der Waals surface area contributed by atoms with E-state index in [2.05, 4.69) is 5.32 Å². The molecule has 1 aromatic heterocycles. The van der Waals surface area contributed by atoms with Crippen molar-refractivity contribution in [3.8, 4) is 28.4 Å². The summed E-state index contributed by atoms with van der Waals surface area (Å²) in [5.74, 6) is 1.24. The van der Waals surface area contributed by atoms with Crippen molar-refractivity contribution in [2.75, 3.05) is 26.1 Å². The van der Waals surface area contributed by atoms with Crippen molar-refractivity contribution in [2.24, 2.45) is 0 Å². The summed E-state index contributed by atoms with van der Waals surface area (Å²) in [5.41, 5.74) is 3.51. The van der Waals surface area contributed by atoms with Crippen LogP contribution in [-0.2, 0) is 6.42 Å². The molecule has 0 saturated carbocycles. The van der Waals surface area contributed by atoms with E-state index in [4.69, 9.17) is 14.6 Å². The monoisotopic (exact) mass is 365 g/mol. The van der Waals surface area contributed by atoms with E-state index < -0.39 is 5.97 Å². The Balaban J connectivity index is 1.93. The highest BCUT2D eigenvalue weighted by Gasteiger charge is 2.27. The van der Waals surface area contributed by atoms with Crippen LogP contribution in [0.15, 0.2) is 42.5 Å². The highest BCUT2D eigenvalue weighted by Crippen LogP contribution is 2.43. The number of carboxylic acids is 1. The van der Waals surface area contributed by atoms with Crippen molar-refractivity contribution in [3.63, 3.8) is 0 Å². The molecule has 0 atom stereocenters. The molecule has 0 aliphatic carbocycles. The van der Waals surface area contributed by atoms with Crippen molar-refractivity contribution >= 4 is 11.8 Å². The molecule has 1 aliphatic rings. The van der Waals surface area contributed by atoms with E-state index in [9.17, 15) is 9.90 Å². The molecule has 4 rings (SSSR count). The van der Waals surface area contributed by atoms with E-state index in [-0.39, 0.29) is 5.56 Å². The van der Waals surface area contributed by atoms with Crippen LogP contribution in [0.3, 0.4) is 0 Å². The second-order valence-electron chi connectivity index (χ2n) is 6.16. The Labute approximate surface area is 156 Å². The van der Waals surface area contributed by atoms with Gasteiger partial charge in [0.05, 0.1) is 31.0 Å². The fraction of sp³-hybridized carbons (Fsp3) is 0.200. The molecule has 2 heterocycles. The van der Waals surface area contributed by atoms with Crippen molar-refractivity contribution < 1.29 is 19.4 Å². The van der Waals surface area contributed by atoms with E-state index in [1.807, 2.05) is 24.3 Å². The van der Waals surface area contributed by atoms with E-state index in [1.165, 1.54) is 0 Å². The number of aromatic nitrogens is 2. The number of fused-ring (bicyclic) bond motifs is 1. The van der Waals surface area contributed by atoms with Gasteiger partial charge in [-0.3, -0.25) is 0 Å². The number of nitrogens with one attached hydrogen (secondary N) is 1. The first-order valence-corrected chi connectivity index (χ1v) is 8.55. The Kier molecular flexibility index (Phi) is 4.19. The van der Waals surface area contributed by atoms with Gasteiger partial charge in [0.1, 0.15) is 23.0 Å². The third-order valence-corrected chi connectivity index (χ3v) is 4.65. The summed E-state index contributed by atoms with van der Waals surface area (Å²) in [6.07, 6.45) is 0.810. The molecule has 2 N–H and O–H groups in total. The van der Waals surface area contributed by atoms with Crippen molar-refractivity contribution in [1.29, 1.82) is 0 Å². The largest absolute Gasteiger partial charge is 0.496 e. The second-order valence-corrected chi connectivity index (χ2v) is 6.16. The smallest absolute Gasteiger partial charge is 0.335 e. The van der Waals surface area contributed by atoms with E-state index in [0.717, 1.165) is 35.6 Å². The number of ether oxygens (including phenoxy) is 2. The third-order valence-electron chi connectivity index (χ3n) is 4.65. The average Bonchev–Trinajstić information content (AvgIpc) is 3.30. The summed E-state index contributed by atoms with van der Waals surface area (Å²) in [6, 6.07) is 12.3. The Bertz CT molecular complexity index is 1000. The fourth-order valence-corrected chi connectivity index (χ4v) is 3.42. The van der Waals surface area contributed by atoms with Crippen LogP contribution in [0, 0.1) is 0 Å². The predicted molar refractivity (Wildman–Crippen MR) is 101 cm³/mol. The van der Waals surface area contributed by atoms with Crippen LogP contribution in [0.25, 0.3) is 16.9 Å². The number of nitrogens with zero attached hydrogens (tertiary/aromatic N) is 2. The van der Waals surface area contributed by atoms with Gasteiger partial charge in [0, 0.05) is 12.1 Å². The number of hydrogen-bond donors (Lipinski definition) is 2. The number of methoxy groups -OCH3 is 2. The first-order chi connectivity index (χ1) is 13.1. The van der Waals surface area contributed by atoms with Crippen LogP contribution in [-0.4, -0.2) is 41.6 Å². The Morgan fingerprint density at radius 2 is 1.85 bits per heavy atom. The number of aromatic carboxylic acids is 1. The topological polar surface area (TPSA) is 85.6 Å². The number of benzene rings is 2. The summed E-state index contributed by atoms with van der Waals surface area (Å²) in [4.78, 5) is 11.3. The Hall–Kier alpha value is -3.48. The maximum atomic E-state index is 11.3. The average molecular weight is 365 g/mol. The van der Waals surface area contributed by atoms with Gasteiger partial charge in [-0.2, -0.15) is 5.10 Å². The predicted octanol–water partition coefficient (Wildman–Crippen LogP) is 3.22. The molecule has 0 spiro atoms. The lowest BCUT2D eigenvalue weighted by molar-refractivity contribution is 0.0697. The molecule has 0 unspecified atom stereocenters. The Morgan fingerprint density at radius 3 is 2.52 bits per heavy atom. The maximum absolute atomic E-state index is 11.3. The van der Waals surface area contributed by atoms with Gasteiger partial charge in [0.2, 0.25) is 0 Å². The van der Waals surface area contributed by atoms with Crippen molar-refractivity contribution in [1.82, 2.24) is 9.78 Å². The van der Waals surface area contributed by atoms with Gasteiger partial charge in [-0.05, 0) is 36.8 Å². The molecule has 0 radical (unpaired) electrons. The molecule has 0 amide bonds. The van der Waals surface area contributed by atoms with E-state index in [1.54, 1.807) is 37.1 Å². The molecular formula is C20H19N3O4. The SMILES string of the molecule is COc1cccc(OC)c1-c1nn(-c2cccc(C(=O)O)c2)c2c1CCN2. The minimum atomic E-state index is -0.972. The first kappa shape index (κ1) is 17.0. The van der Waals surface area contributed by atoms with Crippen LogP contribution < -0.4 is 14.8 Å². The van der Waals surface area contributed by atoms with Crippen LogP contribution in [0.1, 0.15) is 15.9 Å². The molecule has 7 heteroatoms. The van der Waals surface area contributed by atoms with Gasteiger partial charge in [-0.1, -0.05) is 12.1 Å². The molecule has 138 valence electrons. The summed E-state index contributed by atoms with van der Waals surface area (Å²) in [7, 11) is 3.23. The van der Waals surface area contributed by atoms with Crippen LogP contribution in [0.4, 0.5) is 5.82 Å². The van der Waals surface area contributed by atoms with Gasteiger partial charge < -0.3 is 19.9 Å². The zero-order valence-corrected chi connectivity index (χ0v) is 15.0. The van der Waals surface area contributed by atoms with Crippen molar-refractivity contribution in [2.45, 2.75) is 6.42 Å². The minimum absolute atomic E-state index is 0.214. The quantitative estimate of drug-likeness (QED) is 0.722. The lowest BCUT2D eigenvalue weighted by Crippen LogP contribution is -2.06. The molecule has 0 fully saturated rings. The molecule has 2 aromatic carbocycles. The number of hydrogen-bond acceptors (Lipinski definition) is 5. The summed E-state index contributed by atoms with van der Waals surface area (Å²) < 4.78 is 12.8. The Morgan fingerprint density at radius 1 is 1.15 bits per heavy atom. The molecule has 0 saturated heterocycles. The second kappa shape index (κ2) is 6.68. The van der Waals surface area contributed by atoms with E-state index in [0.29, 0.717) is 17.2 Å². The minimum Gasteiger partial charge on any atom is -0.496 e. The van der Waals surface area contributed by atoms with Crippen molar-refractivity contribution in [3.05, 3.63) is 53.6 Å². The maximum Gasteiger partial charge on any atom is 0.335 e. The number of rotatable bonds is 5. The summed E-state index contributed by atoms with van der Waals surface area (Å²) in [6.45, 7) is 0.788. The van der Waals surface area contributed by atoms with Gasteiger partial charge >= 0.3 is 5.97 Å². The summed E-state index contributed by atoms with van der Waals surface area (Å²) >= 11 is 0. The van der Waals surface area contributed by atoms with E-state index >= 15 is 0 Å². The van der Waals surface area contributed by atoms with Gasteiger partial charge in [-0.15, -0.1) is 0 Å². The molecular weight excluding hydrogens is 346 g/mol. The van der Waals surface area contributed by atoms with Crippen LogP contribution in [0.2, 0.25) is 0 Å². The lowest BCUT2D eigenvalue weighted by atomic mass is 10.0. The molecule has 27 heavy (non-hydrogen) atoms. The first-order valence-electron chi connectivity index (χ1n) is 8.55. The standard InChI is InChI=1S/C20H19N3O4/c1-26-15-7-4-8-16(27-2)17(15)18-14-9-10-21-19(14)23(22-18)13-6-3-5-12(11-13)20(24)25/h3-8,11,21H,9-10H2,1-2H3,(H,24,25). The van der Waals surface area contributed by atoms with Crippen LogP contribution in [0.5, 0.6) is 11.5 Å². The molecule has 0 bridgehead atoms. The normalized spacial score (nSPS) is 12.4. The third kappa shape index (κ3) is 2.77. The number of anilines is 1. The number of carboxylic acid groups (broad SMARTS) is 1. The van der Waals surface area contributed by atoms with Gasteiger partial charge in [-0.25, -0.2) is 9.48 Å². The van der Waals surface area contributed by atoms with Gasteiger partial charge in [0.25, 0.3) is 0 Å². The van der Waals surface area contributed by atoms with Crippen LogP contribution >= 0.6 is 0 Å². The van der Waals surface area contributed by atoms with Gasteiger partial charge in [0.15, 0.2) is 0 Å². The fourth-order valence-electron chi connectivity index (χ4n) is 3.42. The highest BCUT2D eigenvalue weighted by molar-refractivity contribution is 5.88. The highest BCUT2D eigenvalue weighted by atomic mass is 16.5. The zero-order chi connectivity index (χ0) is 19.0. The summed E-state index contributed by atoms with van der Waals surface area (Å²) in [5, 5.41) is 17.4. The number of carbonyl (C=O) groups is 1. The lowest BCUT2D eigenvalue weighted by Gasteiger charge is -2.12. The zero-order valence-electron chi connectivity index (χ0n) is 15.0. The molecule has 3 aromatic rings.